The van der Waals surface area contributed by atoms with E-state index in [9.17, 15) is 0 Å². The second-order valence-electron chi connectivity index (χ2n) is 6.37. The van der Waals surface area contributed by atoms with Crippen molar-refractivity contribution < 1.29 is 0 Å². The molecule has 0 aliphatic carbocycles. The predicted molar refractivity (Wildman–Crippen MR) is 107 cm³/mol. The Hall–Kier alpha value is -1.26. The molecule has 2 rings (SSSR count). The fourth-order valence-corrected chi connectivity index (χ4v) is 3.08. The summed E-state index contributed by atoms with van der Waals surface area (Å²) in [5, 5.41) is 0. The molecule has 0 saturated carbocycles. The number of rotatable bonds is 11. The highest BCUT2D eigenvalue weighted by atomic mass is 32.1. The van der Waals surface area contributed by atoms with Gasteiger partial charge < -0.3 is 9.13 Å². The van der Waals surface area contributed by atoms with E-state index >= 15 is 0 Å². The zero-order chi connectivity index (χ0) is 17.0. The van der Waals surface area contributed by atoms with Crippen LogP contribution in [0.25, 0.3) is 0 Å². The van der Waals surface area contributed by atoms with Crippen LogP contribution in [0.5, 0.6) is 0 Å². The molecule has 0 fully saturated rings. The van der Waals surface area contributed by atoms with Crippen molar-refractivity contribution in [3.8, 4) is 0 Å². The van der Waals surface area contributed by atoms with E-state index in [2.05, 4.69) is 33.9 Å². The Bertz CT molecular complexity index is 601. The Balaban J connectivity index is 1.41. The van der Waals surface area contributed by atoms with Gasteiger partial charge >= 0.3 is 0 Å². The average Bonchev–Trinajstić information content (AvgIpc) is 2.60. The van der Waals surface area contributed by atoms with Crippen LogP contribution in [0.4, 0.5) is 0 Å². The van der Waals surface area contributed by atoms with Gasteiger partial charge in [-0.3, -0.25) is 0 Å². The van der Waals surface area contributed by atoms with Crippen LogP contribution in [0, 0.1) is 9.02 Å². The number of hydrogen-bond acceptors (Lipinski definition) is 2. The number of nitrogens with zero attached hydrogens (tertiary/aromatic N) is 2. The van der Waals surface area contributed by atoms with Crippen LogP contribution in [0.1, 0.15) is 51.4 Å². The highest BCUT2D eigenvalue weighted by Crippen LogP contribution is 2.10. The third kappa shape index (κ3) is 8.02. The molecule has 0 atom stereocenters. The molecular weight excluding hydrogens is 332 g/mol. The van der Waals surface area contributed by atoms with Gasteiger partial charge in [0.15, 0.2) is 0 Å². The minimum atomic E-state index is 0.919. The van der Waals surface area contributed by atoms with Crippen molar-refractivity contribution >= 4 is 24.4 Å². The third-order valence-electron chi connectivity index (χ3n) is 4.30. The number of aryl methyl sites for hydroxylation is 2. The molecule has 0 saturated heterocycles. The van der Waals surface area contributed by atoms with Crippen LogP contribution in [-0.2, 0) is 13.1 Å². The van der Waals surface area contributed by atoms with Crippen LogP contribution in [-0.4, -0.2) is 9.13 Å². The fraction of sp³-hybridized carbons (Fsp3) is 0.500. The molecule has 2 aromatic heterocycles. The van der Waals surface area contributed by atoms with Crippen LogP contribution >= 0.6 is 24.4 Å². The second-order valence-corrected chi connectivity index (χ2v) is 7.31. The van der Waals surface area contributed by atoms with E-state index in [4.69, 9.17) is 24.4 Å². The lowest BCUT2D eigenvalue weighted by Crippen LogP contribution is -1.97. The van der Waals surface area contributed by atoms with Crippen LogP contribution < -0.4 is 0 Å². The standard InChI is InChI=1S/C20H28N2S2/c23-19-9-15-21(16-10-19)13-7-5-3-1-2-4-6-8-14-22-17-11-20(24)12-18-22/h9-12,15-18H,1-8,13-14H2. The highest BCUT2D eigenvalue weighted by Gasteiger charge is 1.94. The van der Waals surface area contributed by atoms with Gasteiger partial charge in [0.25, 0.3) is 0 Å². The van der Waals surface area contributed by atoms with E-state index in [1.807, 2.05) is 24.3 Å². The minimum Gasteiger partial charge on any atom is -0.354 e. The van der Waals surface area contributed by atoms with Crippen molar-refractivity contribution in [3.63, 3.8) is 0 Å². The molecule has 130 valence electrons. The maximum absolute atomic E-state index is 5.10. The molecule has 0 aromatic carbocycles. The first kappa shape index (κ1) is 19.1. The van der Waals surface area contributed by atoms with E-state index in [0.717, 1.165) is 22.1 Å². The summed E-state index contributed by atoms with van der Waals surface area (Å²) in [6.07, 6.45) is 19.0. The zero-order valence-electron chi connectivity index (χ0n) is 14.4. The van der Waals surface area contributed by atoms with E-state index in [1.54, 1.807) is 0 Å². The van der Waals surface area contributed by atoms with Gasteiger partial charge in [-0.2, -0.15) is 0 Å². The van der Waals surface area contributed by atoms with Gasteiger partial charge in [-0.05, 0) is 37.1 Å². The summed E-state index contributed by atoms with van der Waals surface area (Å²) in [5.41, 5.74) is 0. The number of unbranched alkanes of at least 4 members (excludes halogenated alkanes) is 7. The number of hydrogen-bond donors (Lipinski definition) is 0. The van der Waals surface area contributed by atoms with Crippen molar-refractivity contribution in [2.24, 2.45) is 0 Å². The molecule has 0 spiro atoms. The van der Waals surface area contributed by atoms with E-state index < -0.39 is 0 Å². The number of pyridine rings is 2. The molecule has 0 aliphatic rings. The molecule has 2 nitrogen and oxygen atoms in total. The molecule has 0 amide bonds. The maximum atomic E-state index is 5.10. The Morgan fingerprint density at radius 3 is 1.12 bits per heavy atom. The van der Waals surface area contributed by atoms with Crippen LogP contribution in [0.3, 0.4) is 0 Å². The van der Waals surface area contributed by atoms with Gasteiger partial charge in [0.2, 0.25) is 0 Å². The first-order valence-electron chi connectivity index (χ1n) is 9.06. The summed E-state index contributed by atoms with van der Waals surface area (Å²) in [5.74, 6) is 0. The third-order valence-corrected chi connectivity index (χ3v) is 4.85. The molecule has 2 aromatic rings. The average molecular weight is 361 g/mol. The molecule has 0 radical (unpaired) electrons. The van der Waals surface area contributed by atoms with Crippen LogP contribution in [0.2, 0.25) is 0 Å². The predicted octanol–water partition coefficient (Wildman–Crippen LogP) is 6.57. The number of aromatic nitrogens is 2. The van der Waals surface area contributed by atoms with Crippen molar-refractivity contribution in [2.45, 2.75) is 64.5 Å². The van der Waals surface area contributed by atoms with Gasteiger partial charge in [0.1, 0.15) is 0 Å². The Morgan fingerprint density at radius 1 is 0.500 bits per heavy atom. The van der Waals surface area contributed by atoms with Crippen molar-refractivity contribution in [1.29, 1.82) is 0 Å². The largest absolute Gasteiger partial charge is 0.354 e. The topological polar surface area (TPSA) is 9.86 Å². The Morgan fingerprint density at radius 2 is 0.792 bits per heavy atom. The van der Waals surface area contributed by atoms with Crippen molar-refractivity contribution in [1.82, 2.24) is 9.13 Å². The van der Waals surface area contributed by atoms with Gasteiger partial charge in [-0.25, -0.2) is 0 Å². The van der Waals surface area contributed by atoms with Crippen LogP contribution in [0.15, 0.2) is 49.1 Å². The summed E-state index contributed by atoms with van der Waals surface area (Å²) in [4.78, 5) is 0. The van der Waals surface area contributed by atoms with Gasteiger partial charge in [-0.1, -0.05) is 63.0 Å². The Labute approximate surface area is 156 Å². The molecule has 0 aliphatic heterocycles. The van der Waals surface area contributed by atoms with Gasteiger partial charge in [0, 0.05) is 46.9 Å². The second kappa shape index (κ2) is 11.3. The fourth-order valence-electron chi connectivity index (χ4n) is 2.83. The maximum Gasteiger partial charge on any atom is 0.0406 e. The first-order valence-corrected chi connectivity index (χ1v) is 9.88. The normalized spacial score (nSPS) is 10.8. The lowest BCUT2D eigenvalue weighted by Gasteiger charge is -2.07. The minimum absolute atomic E-state index is 0.919. The first-order chi connectivity index (χ1) is 11.7. The summed E-state index contributed by atoms with van der Waals surface area (Å²) < 4.78 is 6.29. The molecular formula is C20H28N2S2. The van der Waals surface area contributed by atoms with Gasteiger partial charge in [-0.15, -0.1) is 0 Å². The summed E-state index contributed by atoms with van der Waals surface area (Å²) in [6.45, 7) is 2.21. The molecule has 0 N–H and O–H groups in total. The molecule has 2 heterocycles. The van der Waals surface area contributed by atoms with Gasteiger partial charge in [0.05, 0.1) is 0 Å². The van der Waals surface area contributed by atoms with E-state index in [1.165, 1.54) is 51.4 Å². The van der Waals surface area contributed by atoms with E-state index in [0.29, 0.717) is 0 Å². The molecule has 0 unspecified atom stereocenters. The van der Waals surface area contributed by atoms with Crippen molar-refractivity contribution in [2.75, 3.05) is 0 Å². The SMILES string of the molecule is S=c1ccn(CCCCCCCCCCn2ccc(=S)cc2)cc1. The summed E-state index contributed by atoms with van der Waals surface area (Å²) in [7, 11) is 0. The molecule has 0 bridgehead atoms. The summed E-state index contributed by atoms with van der Waals surface area (Å²) in [6, 6.07) is 8.00. The molecule has 4 heteroatoms. The molecule has 24 heavy (non-hydrogen) atoms. The lowest BCUT2D eigenvalue weighted by atomic mass is 10.1. The zero-order valence-corrected chi connectivity index (χ0v) is 16.0. The van der Waals surface area contributed by atoms with Crippen molar-refractivity contribution in [3.05, 3.63) is 58.1 Å². The Kier molecular flexibility index (Phi) is 9.00. The quantitative estimate of drug-likeness (QED) is 0.331. The lowest BCUT2D eigenvalue weighted by molar-refractivity contribution is 0.525. The smallest absolute Gasteiger partial charge is 0.0406 e. The monoisotopic (exact) mass is 360 g/mol. The highest BCUT2D eigenvalue weighted by molar-refractivity contribution is 7.71. The van der Waals surface area contributed by atoms with E-state index in [-0.39, 0.29) is 0 Å². The summed E-state index contributed by atoms with van der Waals surface area (Å²) >= 11 is 10.2.